The summed E-state index contributed by atoms with van der Waals surface area (Å²) in [6.07, 6.45) is 0. The third-order valence-corrected chi connectivity index (χ3v) is 0. The van der Waals surface area contributed by atoms with Gasteiger partial charge in [-0.1, -0.05) is 0 Å². The van der Waals surface area contributed by atoms with Crippen molar-refractivity contribution in [2.24, 2.45) is 0 Å². The van der Waals surface area contributed by atoms with Crippen LogP contribution in [0.1, 0.15) is 0 Å². The zero-order valence-electron chi connectivity index (χ0n) is 2.83. The minimum Gasteiger partial charge on any atom is 0 e. The molecule has 0 rings (SSSR count). The molecule has 0 aliphatic heterocycles. The normalized spacial score (nSPS) is 0. The van der Waals surface area contributed by atoms with Gasteiger partial charge in [-0.3, -0.25) is 0 Å². The van der Waals surface area contributed by atoms with E-state index in [1.54, 1.807) is 0 Å². The summed E-state index contributed by atoms with van der Waals surface area (Å²) in [6.45, 7) is 0. The number of rotatable bonds is 0. The molecule has 1 unspecified atom stereocenters. The van der Waals surface area contributed by atoms with Crippen LogP contribution in [0.15, 0.2) is 0 Å². The van der Waals surface area contributed by atoms with Gasteiger partial charge in [0.05, 0.1) is 0 Å². The van der Waals surface area contributed by atoms with Crippen LogP contribution in [-0.4, -0.2) is 68.6 Å². The first kappa shape index (κ1) is 28.7. The predicted octanol–water partition coefficient (Wildman–Crippen LogP) is -3.55. The van der Waals surface area contributed by atoms with E-state index in [4.69, 9.17) is 0 Å². The fraction of sp³-hybridized carbons (Fsp3) is 0. The first-order valence-electron chi connectivity index (χ1n) is 0. The van der Waals surface area contributed by atoms with Crippen LogP contribution < -0.4 is 0 Å². The van der Waals surface area contributed by atoms with E-state index in [-0.39, 0.29) is 88.1 Å². The molecule has 4 heavy (non-hydrogen) atoms. The Balaban J connectivity index is 0. The second kappa shape index (κ2) is 16.9. The van der Waals surface area contributed by atoms with Crippen LogP contribution in [-0.2, 0) is 19.5 Å². The Morgan fingerprint density at radius 1 is 1.00 bits per heavy atom. The largest absolute Gasteiger partial charge is 0 e. The second-order valence-electron chi connectivity index (χ2n) is 0. The quantitative estimate of drug-likeness (QED) is 0.316. The van der Waals surface area contributed by atoms with E-state index >= 15 is 0 Å². The van der Waals surface area contributed by atoms with Crippen molar-refractivity contribution in [2.45, 2.75) is 0 Å². The van der Waals surface area contributed by atoms with Crippen LogP contribution in [0.25, 0.3) is 0 Å². The van der Waals surface area contributed by atoms with Crippen molar-refractivity contribution in [1.29, 1.82) is 0 Å². The molecule has 0 saturated heterocycles. The van der Waals surface area contributed by atoms with E-state index in [0.29, 0.717) is 0 Å². The first-order chi connectivity index (χ1) is 0. The summed E-state index contributed by atoms with van der Waals surface area (Å²) < 4.78 is 0. The molecule has 0 aromatic carbocycles. The van der Waals surface area contributed by atoms with Crippen LogP contribution >= 0.6 is 0 Å². The van der Waals surface area contributed by atoms with Crippen molar-refractivity contribution in [3.8, 4) is 0 Å². The van der Waals surface area contributed by atoms with Crippen LogP contribution in [0.5, 0.6) is 0 Å². The molecule has 0 aliphatic carbocycles. The molecule has 0 saturated carbocycles. The summed E-state index contributed by atoms with van der Waals surface area (Å²) in [7, 11) is 0. The Labute approximate surface area is 86.5 Å². The molecule has 0 N–H and O–H groups in total. The smallest absolute Gasteiger partial charge is 0 e. The van der Waals surface area contributed by atoms with E-state index < -0.39 is 0 Å². The second-order valence-corrected chi connectivity index (χ2v) is 0. The maximum Gasteiger partial charge on any atom is 0 e. The molecule has 0 amide bonds. The molecule has 0 nitrogen and oxygen atoms in total. The van der Waals surface area contributed by atoms with Crippen molar-refractivity contribution in [3.63, 3.8) is 0 Å². The molecule has 0 spiro atoms. The van der Waals surface area contributed by atoms with Gasteiger partial charge < -0.3 is 0 Å². The molecule has 0 bridgehead atoms. The first-order valence-corrected chi connectivity index (χ1v) is 0. The molecule has 0 heterocycles. The standard InChI is InChI=1S/AsH3.Bi.Sb.Zn.6H/h1H3;;;;;;;;;. The number of hydrogen-bond donors (Lipinski definition) is 0. The van der Waals surface area contributed by atoms with Gasteiger partial charge in [0.15, 0.2) is 0 Å². The van der Waals surface area contributed by atoms with Gasteiger partial charge in [0, 0.05) is 19.5 Å². The van der Waals surface area contributed by atoms with Crippen molar-refractivity contribution in [1.82, 2.24) is 0 Å². The molecule has 0 aromatic heterocycles. The van der Waals surface area contributed by atoms with E-state index in [1.807, 2.05) is 0 Å². The molecule has 0 radical (unpaired) electrons. The molecular formula is H9AsBiSbZn. The Kier molecular flexibility index (Phi) is 121. The molecule has 0 aliphatic rings. The van der Waals surface area contributed by atoms with E-state index in [2.05, 4.69) is 0 Å². The SMILES string of the molecule is [AsH3].[BiH3].[SbH3].[Zn]. The molecule has 0 aromatic rings. The maximum atomic E-state index is 0. The van der Waals surface area contributed by atoms with E-state index in [1.165, 1.54) is 0 Å². The summed E-state index contributed by atoms with van der Waals surface area (Å²) >= 11 is 0. The van der Waals surface area contributed by atoms with Gasteiger partial charge in [0.2, 0.25) is 0 Å². The third-order valence-electron chi connectivity index (χ3n) is 0. The summed E-state index contributed by atoms with van der Waals surface area (Å²) in [5, 5.41) is 0. The van der Waals surface area contributed by atoms with Crippen LogP contribution in [0, 0.1) is 0 Å². The topological polar surface area (TPSA) is 0 Å². The van der Waals surface area contributed by atoms with Crippen molar-refractivity contribution < 1.29 is 19.5 Å². The van der Waals surface area contributed by atoms with Crippen LogP contribution in [0.2, 0.25) is 0 Å². The van der Waals surface area contributed by atoms with Crippen molar-refractivity contribution in [3.05, 3.63) is 0 Å². The van der Waals surface area contributed by atoms with Gasteiger partial charge in [-0.2, -0.15) is 0 Å². The summed E-state index contributed by atoms with van der Waals surface area (Å²) in [6, 6.07) is 0. The van der Waals surface area contributed by atoms with E-state index in [9.17, 15) is 0 Å². The summed E-state index contributed by atoms with van der Waals surface area (Å²) in [5.74, 6) is 0. The summed E-state index contributed by atoms with van der Waals surface area (Å²) in [4.78, 5) is 0. The van der Waals surface area contributed by atoms with Crippen molar-refractivity contribution in [2.75, 3.05) is 0 Å². The van der Waals surface area contributed by atoms with Gasteiger partial charge in [0.1, 0.15) is 0 Å². The van der Waals surface area contributed by atoms with E-state index in [0.717, 1.165) is 0 Å². The van der Waals surface area contributed by atoms with Crippen molar-refractivity contribution >= 4 is 68.6 Å². The van der Waals surface area contributed by atoms with Gasteiger partial charge in [-0.05, 0) is 0 Å². The fourth-order valence-electron chi connectivity index (χ4n) is 0. The minimum absolute atomic E-state index is 0. The van der Waals surface area contributed by atoms with Gasteiger partial charge in [-0.25, -0.2) is 0 Å². The third kappa shape index (κ3) is 8.86. The molecule has 1 atom stereocenters. The fourth-order valence-corrected chi connectivity index (χ4v) is 0. The Hall–Kier alpha value is 2.88. The molecular weight excluding hydrogens is 471 g/mol. The minimum atomic E-state index is 0. The monoisotopic (exact) mass is 478 g/mol. The average Bonchev–Trinajstić information content (AvgIpc) is 0. The van der Waals surface area contributed by atoms with Gasteiger partial charge in [-0.15, -0.1) is 0 Å². The Bertz CT molecular complexity index is 8.00. The Morgan fingerprint density at radius 2 is 1.00 bits per heavy atom. The summed E-state index contributed by atoms with van der Waals surface area (Å²) in [5.41, 5.74) is 0. The predicted molar refractivity (Wildman–Crippen MR) is 29.8 cm³/mol. The molecule has 4 heteroatoms. The average molecular weight is 480 g/mol. The Morgan fingerprint density at radius 3 is 1.00 bits per heavy atom. The van der Waals surface area contributed by atoms with Gasteiger partial charge in [0.25, 0.3) is 0 Å². The molecule has 0 fully saturated rings. The zero-order chi connectivity index (χ0) is 0. The zero-order valence-corrected chi connectivity index (χ0v) is 18.3. The molecule has 26 valence electrons. The maximum absolute atomic E-state index is 0. The van der Waals surface area contributed by atoms with Gasteiger partial charge >= 0.3 is 68.6 Å². The number of hydrogen-bond acceptors (Lipinski definition) is 0. The van der Waals surface area contributed by atoms with Crippen LogP contribution in [0.4, 0.5) is 0 Å². The van der Waals surface area contributed by atoms with Crippen LogP contribution in [0.3, 0.4) is 0 Å².